The van der Waals surface area contributed by atoms with Gasteiger partial charge >= 0.3 is 0 Å². The van der Waals surface area contributed by atoms with E-state index in [1.165, 1.54) is 12.3 Å². The molecule has 9 heteroatoms. The Labute approximate surface area is 186 Å². The molecule has 0 saturated carbocycles. The molecule has 8 nitrogen and oxygen atoms in total. The SMILES string of the molecule is NC1=NC2(CO1)c1cc(-c3ccc[nH]c3=O)ccc1Oc1cnc(-c3ccnc(F)c3)cc12. The van der Waals surface area contributed by atoms with Crippen LogP contribution in [-0.2, 0) is 10.3 Å². The van der Waals surface area contributed by atoms with E-state index in [0.29, 0.717) is 45.0 Å². The van der Waals surface area contributed by atoms with E-state index < -0.39 is 11.5 Å². The third kappa shape index (κ3) is 2.97. The van der Waals surface area contributed by atoms with Crippen LogP contribution in [0.2, 0.25) is 0 Å². The summed E-state index contributed by atoms with van der Waals surface area (Å²) in [5, 5.41) is 0. The van der Waals surface area contributed by atoms with Gasteiger partial charge in [-0.2, -0.15) is 4.39 Å². The van der Waals surface area contributed by atoms with Crippen molar-refractivity contribution >= 4 is 6.02 Å². The van der Waals surface area contributed by atoms with Gasteiger partial charge in [0.25, 0.3) is 11.6 Å². The number of nitrogens with two attached hydrogens (primary N) is 1. The minimum absolute atomic E-state index is 0.0464. The van der Waals surface area contributed by atoms with Gasteiger partial charge in [0.1, 0.15) is 12.4 Å². The second-order valence-electron chi connectivity index (χ2n) is 7.76. The van der Waals surface area contributed by atoms with Gasteiger partial charge in [-0.05, 0) is 42.0 Å². The van der Waals surface area contributed by atoms with Crippen LogP contribution in [-0.4, -0.2) is 27.6 Å². The molecule has 1 atom stereocenters. The third-order valence-electron chi connectivity index (χ3n) is 5.84. The molecular weight excluding hydrogens is 425 g/mol. The van der Waals surface area contributed by atoms with Gasteiger partial charge in [0.2, 0.25) is 5.95 Å². The highest BCUT2D eigenvalue weighted by molar-refractivity contribution is 5.78. The summed E-state index contributed by atoms with van der Waals surface area (Å²) >= 11 is 0. The highest BCUT2D eigenvalue weighted by Crippen LogP contribution is 2.51. The quantitative estimate of drug-likeness (QED) is 0.461. The average Bonchev–Trinajstić information content (AvgIpc) is 3.21. The zero-order chi connectivity index (χ0) is 22.6. The number of aliphatic imine (C=N–C) groups is 1. The van der Waals surface area contributed by atoms with Gasteiger partial charge in [0, 0.05) is 40.7 Å². The molecule has 1 spiro atoms. The number of amidine groups is 1. The number of benzene rings is 1. The van der Waals surface area contributed by atoms with Crippen LogP contribution in [0.4, 0.5) is 4.39 Å². The molecule has 0 fully saturated rings. The first-order valence-corrected chi connectivity index (χ1v) is 10.1. The number of nitrogens with one attached hydrogen (secondary N) is 1. The summed E-state index contributed by atoms with van der Waals surface area (Å²) in [6.07, 6.45) is 4.54. The number of fused-ring (bicyclic) bond motifs is 4. The van der Waals surface area contributed by atoms with E-state index in [1.54, 1.807) is 42.7 Å². The number of rotatable bonds is 2. The molecule has 1 aromatic carbocycles. The van der Waals surface area contributed by atoms with Crippen LogP contribution in [0, 0.1) is 5.95 Å². The molecule has 162 valence electrons. The topological polar surface area (TPSA) is 115 Å². The lowest BCUT2D eigenvalue weighted by Gasteiger charge is -2.33. The highest BCUT2D eigenvalue weighted by atomic mass is 19.1. The molecule has 0 saturated heterocycles. The Morgan fingerprint density at radius 3 is 2.70 bits per heavy atom. The number of ether oxygens (including phenoxy) is 2. The van der Waals surface area contributed by atoms with E-state index in [-0.39, 0.29) is 18.2 Å². The van der Waals surface area contributed by atoms with Crippen molar-refractivity contribution in [1.82, 2.24) is 15.0 Å². The Morgan fingerprint density at radius 2 is 1.91 bits per heavy atom. The molecule has 3 aromatic heterocycles. The number of H-pyrrole nitrogens is 1. The van der Waals surface area contributed by atoms with Gasteiger partial charge in [-0.15, -0.1) is 0 Å². The van der Waals surface area contributed by atoms with Crippen molar-refractivity contribution in [2.45, 2.75) is 5.54 Å². The monoisotopic (exact) mass is 441 g/mol. The summed E-state index contributed by atoms with van der Waals surface area (Å²) in [5.41, 5.74) is 8.43. The zero-order valence-electron chi connectivity index (χ0n) is 17.1. The Bertz CT molecular complexity index is 1520. The van der Waals surface area contributed by atoms with Crippen LogP contribution in [0.5, 0.6) is 11.5 Å². The van der Waals surface area contributed by atoms with Crippen LogP contribution < -0.4 is 16.0 Å². The molecule has 2 aliphatic heterocycles. The molecular formula is C24H16FN5O3. The van der Waals surface area contributed by atoms with Crippen molar-refractivity contribution in [3.8, 4) is 33.9 Å². The first-order chi connectivity index (χ1) is 16.0. The fraction of sp³-hybridized carbons (Fsp3) is 0.0833. The Balaban J connectivity index is 1.57. The normalized spacial score (nSPS) is 18.2. The summed E-state index contributed by atoms with van der Waals surface area (Å²) in [6, 6.07) is 13.8. The lowest BCUT2D eigenvalue weighted by molar-refractivity contribution is 0.264. The number of hydrogen-bond donors (Lipinski definition) is 2. The van der Waals surface area contributed by atoms with Crippen LogP contribution in [0.25, 0.3) is 22.4 Å². The zero-order valence-corrected chi connectivity index (χ0v) is 17.1. The summed E-state index contributed by atoms with van der Waals surface area (Å²) in [4.78, 5) is 27.8. The number of halogens is 1. The Morgan fingerprint density at radius 1 is 1.03 bits per heavy atom. The van der Waals surface area contributed by atoms with E-state index >= 15 is 0 Å². The van der Waals surface area contributed by atoms with Crippen LogP contribution >= 0.6 is 0 Å². The molecule has 6 rings (SSSR count). The smallest absolute Gasteiger partial charge is 0.283 e. The van der Waals surface area contributed by atoms with E-state index in [1.807, 2.05) is 12.1 Å². The van der Waals surface area contributed by atoms with Gasteiger partial charge in [-0.25, -0.2) is 9.98 Å². The second kappa shape index (κ2) is 6.99. The first kappa shape index (κ1) is 19.2. The van der Waals surface area contributed by atoms with Gasteiger partial charge in [-0.1, -0.05) is 6.07 Å². The van der Waals surface area contributed by atoms with E-state index in [4.69, 9.17) is 15.2 Å². The number of pyridine rings is 3. The lowest BCUT2D eigenvalue weighted by Crippen LogP contribution is -2.31. The maximum absolute atomic E-state index is 13.7. The molecule has 3 N–H and O–H groups in total. The highest BCUT2D eigenvalue weighted by Gasteiger charge is 2.47. The number of hydrogen-bond acceptors (Lipinski definition) is 7. The summed E-state index contributed by atoms with van der Waals surface area (Å²) in [5.74, 6) is 0.450. The molecule has 2 aliphatic rings. The predicted molar refractivity (Wildman–Crippen MR) is 118 cm³/mol. The van der Waals surface area contributed by atoms with Crippen molar-refractivity contribution < 1.29 is 13.9 Å². The van der Waals surface area contributed by atoms with E-state index in [9.17, 15) is 9.18 Å². The summed E-state index contributed by atoms with van der Waals surface area (Å²) in [6.45, 7) is 0.144. The van der Waals surface area contributed by atoms with Crippen LogP contribution in [0.3, 0.4) is 0 Å². The molecule has 0 bridgehead atoms. The first-order valence-electron chi connectivity index (χ1n) is 10.1. The fourth-order valence-electron chi connectivity index (χ4n) is 4.30. The summed E-state index contributed by atoms with van der Waals surface area (Å²) in [7, 11) is 0. The maximum atomic E-state index is 13.7. The molecule has 0 amide bonds. The minimum Gasteiger partial charge on any atom is -0.462 e. The van der Waals surface area contributed by atoms with Gasteiger partial charge in [-0.3, -0.25) is 9.78 Å². The largest absolute Gasteiger partial charge is 0.462 e. The molecule has 33 heavy (non-hydrogen) atoms. The lowest BCUT2D eigenvalue weighted by atomic mass is 9.80. The van der Waals surface area contributed by atoms with Crippen molar-refractivity contribution in [2.24, 2.45) is 10.7 Å². The summed E-state index contributed by atoms with van der Waals surface area (Å²) < 4.78 is 25.5. The van der Waals surface area contributed by atoms with Crippen molar-refractivity contribution in [2.75, 3.05) is 6.61 Å². The molecule has 1 unspecified atom stereocenters. The predicted octanol–water partition coefficient (Wildman–Crippen LogP) is 3.33. The van der Waals surface area contributed by atoms with E-state index in [0.717, 1.165) is 0 Å². The maximum Gasteiger partial charge on any atom is 0.283 e. The van der Waals surface area contributed by atoms with Gasteiger partial charge < -0.3 is 20.2 Å². The molecule has 4 aromatic rings. The third-order valence-corrected chi connectivity index (χ3v) is 5.84. The van der Waals surface area contributed by atoms with Crippen LogP contribution in [0.15, 0.2) is 76.9 Å². The Hall–Kier alpha value is -4.53. The van der Waals surface area contributed by atoms with Crippen molar-refractivity contribution in [3.63, 3.8) is 0 Å². The standard InChI is InChI=1S/C24H16FN5O3/c25-21-9-14(5-7-27-21)18-10-17-20(11-29-18)33-19-4-3-13(15-2-1-6-28-22(15)31)8-16(19)24(17)12-32-23(26)30-24/h1-11H,12H2,(H2,26,30)(H,28,31). The average molecular weight is 441 g/mol. The van der Waals surface area contributed by atoms with Gasteiger partial charge in [0.05, 0.1) is 11.9 Å². The number of aromatic nitrogens is 3. The van der Waals surface area contributed by atoms with Crippen LogP contribution in [0.1, 0.15) is 11.1 Å². The molecule has 5 heterocycles. The number of aromatic amines is 1. The van der Waals surface area contributed by atoms with Crippen molar-refractivity contribution in [1.29, 1.82) is 0 Å². The molecule has 0 aliphatic carbocycles. The van der Waals surface area contributed by atoms with Gasteiger partial charge in [0.15, 0.2) is 11.3 Å². The van der Waals surface area contributed by atoms with E-state index in [2.05, 4.69) is 19.9 Å². The number of nitrogens with zero attached hydrogens (tertiary/aromatic N) is 3. The fourth-order valence-corrected chi connectivity index (χ4v) is 4.30. The minimum atomic E-state index is -1.01. The molecule has 0 radical (unpaired) electrons. The van der Waals surface area contributed by atoms with Crippen molar-refractivity contribution in [3.05, 3.63) is 94.5 Å². The second-order valence-corrected chi connectivity index (χ2v) is 7.76. The Kier molecular flexibility index (Phi) is 4.06.